The van der Waals surface area contributed by atoms with E-state index in [4.69, 9.17) is 4.74 Å². The van der Waals surface area contributed by atoms with Crippen molar-refractivity contribution in [1.82, 2.24) is 0 Å². The van der Waals surface area contributed by atoms with E-state index in [0.29, 0.717) is 13.0 Å². The zero-order valence-corrected chi connectivity index (χ0v) is 12.3. The SMILES string of the molecule is CC(C)(C)OC(=O)CCNc1ccc2ccccc2c1. The third kappa shape index (κ3) is 4.26. The van der Waals surface area contributed by atoms with Gasteiger partial charge in [0, 0.05) is 12.2 Å². The van der Waals surface area contributed by atoms with Crippen molar-refractivity contribution in [3.8, 4) is 0 Å². The highest BCUT2D eigenvalue weighted by atomic mass is 16.6. The lowest BCUT2D eigenvalue weighted by Gasteiger charge is -2.19. The molecular formula is C17H21NO2. The van der Waals surface area contributed by atoms with Gasteiger partial charge in [0.15, 0.2) is 0 Å². The summed E-state index contributed by atoms with van der Waals surface area (Å²) in [4.78, 5) is 11.6. The normalized spacial score (nSPS) is 11.3. The molecule has 0 aliphatic rings. The fourth-order valence-electron chi connectivity index (χ4n) is 2.00. The number of hydrogen-bond acceptors (Lipinski definition) is 3. The maximum atomic E-state index is 11.6. The van der Waals surface area contributed by atoms with Crippen LogP contribution in [0.4, 0.5) is 5.69 Å². The molecule has 0 fully saturated rings. The second-order valence-electron chi connectivity index (χ2n) is 5.83. The van der Waals surface area contributed by atoms with Gasteiger partial charge in [0.2, 0.25) is 0 Å². The molecule has 1 N–H and O–H groups in total. The van der Waals surface area contributed by atoms with E-state index in [1.54, 1.807) is 0 Å². The van der Waals surface area contributed by atoms with Crippen LogP contribution in [0.2, 0.25) is 0 Å². The highest BCUT2D eigenvalue weighted by Crippen LogP contribution is 2.18. The zero-order chi connectivity index (χ0) is 14.6. The van der Waals surface area contributed by atoms with Crippen LogP contribution in [-0.4, -0.2) is 18.1 Å². The lowest BCUT2D eigenvalue weighted by Crippen LogP contribution is -2.25. The Bertz CT molecular complexity index is 599. The molecule has 0 amide bonds. The molecule has 0 heterocycles. The molecule has 0 aliphatic carbocycles. The van der Waals surface area contributed by atoms with Gasteiger partial charge in [-0.15, -0.1) is 0 Å². The molecule has 0 aliphatic heterocycles. The number of nitrogens with one attached hydrogen (secondary N) is 1. The maximum Gasteiger partial charge on any atom is 0.308 e. The summed E-state index contributed by atoms with van der Waals surface area (Å²) in [7, 11) is 0. The molecule has 20 heavy (non-hydrogen) atoms. The number of anilines is 1. The Labute approximate surface area is 119 Å². The first-order valence-corrected chi connectivity index (χ1v) is 6.88. The Hall–Kier alpha value is -2.03. The van der Waals surface area contributed by atoms with E-state index < -0.39 is 5.60 Å². The van der Waals surface area contributed by atoms with Crippen molar-refractivity contribution in [3.63, 3.8) is 0 Å². The average molecular weight is 271 g/mol. The van der Waals surface area contributed by atoms with Crippen LogP contribution >= 0.6 is 0 Å². The van der Waals surface area contributed by atoms with Crippen molar-refractivity contribution >= 4 is 22.4 Å². The average Bonchev–Trinajstić information content (AvgIpc) is 2.36. The van der Waals surface area contributed by atoms with Crippen molar-refractivity contribution in [2.24, 2.45) is 0 Å². The molecular weight excluding hydrogens is 250 g/mol. The van der Waals surface area contributed by atoms with Crippen LogP contribution < -0.4 is 5.32 Å². The van der Waals surface area contributed by atoms with E-state index in [1.807, 2.05) is 39.0 Å². The van der Waals surface area contributed by atoms with Crippen molar-refractivity contribution in [3.05, 3.63) is 42.5 Å². The van der Waals surface area contributed by atoms with E-state index >= 15 is 0 Å². The largest absolute Gasteiger partial charge is 0.460 e. The van der Waals surface area contributed by atoms with Gasteiger partial charge in [0.05, 0.1) is 6.42 Å². The summed E-state index contributed by atoms with van der Waals surface area (Å²) in [5.74, 6) is -0.175. The summed E-state index contributed by atoms with van der Waals surface area (Å²) in [5, 5.41) is 5.66. The van der Waals surface area contributed by atoms with E-state index in [2.05, 4.69) is 29.6 Å². The molecule has 0 bridgehead atoms. The predicted molar refractivity (Wildman–Crippen MR) is 82.9 cm³/mol. The maximum absolute atomic E-state index is 11.6. The molecule has 2 rings (SSSR count). The number of benzene rings is 2. The summed E-state index contributed by atoms with van der Waals surface area (Å²) in [6, 6.07) is 14.4. The standard InChI is InChI=1S/C17H21NO2/c1-17(2,3)20-16(19)10-11-18-15-9-8-13-6-4-5-7-14(13)12-15/h4-9,12,18H,10-11H2,1-3H3. The van der Waals surface area contributed by atoms with Crippen molar-refractivity contribution in [2.75, 3.05) is 11.9 Å². The van der Waals surface area contributed by atoms with Crippen LogP contribution in [-0.2, 0) is 9.53 Å². The van der Waals surface area contributed by atoms with E-state index in [9.17, 15) is 4.79 Å². The van der Waals surface area contributed by atoms with Crippen LogP contribution in [0.1, 0.15) is 27.2 Å². The highest BCUT2D eigenvalue weighted by molar-refractivity contribution is 5.85. The third-order valence-corrected chi connectivity index (χ3v) is 2.83. The van der Waals surface area contributed by atoms with Crippen LogP contribution in [0.15, 0.2) is 42.5 Å². The molecule has 0 spiro atoms. The molecule has 0 saturated heterocycles. The summed E-state index contributed by atoms with van der Waals surface area (Å²) in [6.07, 6.45) is 0.365. The summed E-state index contributed by atoms with van der Waals surface area (Å²) < 4.78 is 5.27. The molecule has 3 nitrogen and oxygen atoms in total. The molecule has 2 aromatic carbocycles. The quantitative estimate of drug-likeness (QED) is 0.855. The minimum absolute atomic E-state index is 0.175. The molecule has 0 atom stereocenters. The Morgan fingerprint density at radius 2 is 1.80 bits per heavy atom. The summed E-state index contributed by atoms with van der Waals surface area (Å²) in [6.45, 7) is 6.21. The number of fused-ring (bicyclic) bond motifs is 1. The first-order chi connectivity index (χ1) is 9.44. The van der Waals surface area contributed by atoms with Crippen molar-refractivity contribution < 1.29 is 9.53 Å². The number of hydrogen-bond donors (Lipinski definition) is 1. The van der Waals surface area contributed by atoms with Gasteiger partial charge in [-0.1, -0.05) is 30.3 Å². The second-order valence-corrected chi connectivity index (χ2v) is 5.83. The molecule has 2 aromatic rings. The van der Waals surface area contributed by atoms with Gasteiger partial charge in [0.25, 0.3) is 0 Å². The first kappa shape index (κ1) is 14.4. The van der Waals surface area contributed by atoms with Gasteiger partial charge in [-0.2, -0.15) is 0 Å². The van der Waals surface area contributed by atoms with Gasteiger partial charge in [-0.3, -0.25) is 4.79 Å². The van der Waals surface area contributed by atoms with E-state index in [1.165, 1.54) is 10.8 Å². The fraction of sp³-hybridized carbons (Fsp3) is 0.353. The van der Waals surface area contributed by atoms with Gasteiger partial charge in [0.1, 0.15) is 5.60 Å². The summed E-state index contributed by atoms with van der Waals surface area (Å²) in [5.41, 5.74) is 0.604. The van der Waals surface area contributed by atoms with Crippen LogP contribution in [0, 0.1) is 0 Å². The topological polar surface area (TPSA) is 38.3 Å². The number of carbonyl (C=O) groups excluding carboxylic acids is 1. The molecule has 0 aromatic heterocycles. The highest BCUT2D eigenvalue weighted by Gasteiger charge is 2.15. The van der Waals surface area contributed by atoms with Gasteiger partial charge in [-0.05, 0) is 43.7 Å². The Morgan fingerprint density at radius 3 is 2.50 bits per heavy atom. The monoisotopic (exact) mass is 271 g/mol. The van der Waals surface area contributed by atoms with Gasteiger partial charge in [-0.25, -0.2) is 0 Å². The molecule has 0 saturated carbocycles. The Kier molecular flexibility index (Phi) is 4.28. The van der Waals surface area contributed by atoms with Crippen LogP contribution in [0.3, 0.4) is 0 Å². The van der Waals surface area contributed by atoms with Crippen LogP contribution in [0.5, 0.6) is 0 Å². The molecule has 3 heteroatoms. The van der Waals surface area contributed by atoms with Gasteiger partial charge >= 0.3 is 5.97 Å². The Morgan fingerprint density at radius 1 is 1.10 bits per heavy atom. The lowest BCUT2D eigenvalue weighted by atomic mass is 10.1. The van der Waals surface area contributed by atoms with Crippen molar-refractivity contribution in [1.29, 1.82) is 0 Å². The molecule has 0 radical (unpaired) electrons. The lowest BCUT2D eigenvalue weighted by molar-refractivity contribution is -0.154. The minimum Gasteiger partial charge on any atom is -0.460 e. The number of ether oxygens (including phenoxy) is 1. The van der Waals surface area contributed by atoms with Crippen molar-refractivity contribution in [2.45, 2.75) is 32.8 Å². The first-order valence-electron chi connectivity index (χ1n) is 6.88. The predicted octanol–water partition coefficient (Wildman–Crippen LogP) is 3.98. The fourth-order valence-corrected chi connectivity index (χ4v) is 2.00. The summed E-state index contributed by atoms with van der Waals surface area (Å²) >= 11 is 0. The smallest absolute Gasteiger partial charge is 0.308 e. The Balaban J connectivity index is 1.88. The number of rotatable bonds is 4. The number of esters is 1. The van der Waals surface area contributed by atoms with Crippen LogP contribution in [0.25, 0.3) is 10.8 Å². The molecule has 0 unspecified atom stereocenters. The molecule has 106 valence electrons. The zero-order valence-electron chi connectivity index (χ0n) is 12.3. The van der Waals surface area contributed by atoms with E-state index in [0.717, 1.165) is 5.69 Å². The van der Waals surface area contributed by atoms with Gasteiger partial charge < -0.3 is 10.1 Å². The minimum atomic E-state index is -0.417. The van der Waals surface area contributed by atoms with E-state index in [-0.39, 0.29) is 5.97 Å². The third-order valence-electron chi connectivity index (χ3n) is 2.83. The second kappa shape index (κ2) is 5.95. The number of carbonyl (C=O) groups is 1.